The van der Waals surface area contributed by atoms with E-state index in [4.69, 9.17) is 0 Å². The maximum atomic E-state index is 4.48. The lowest BCUT2D eigenvalue weighted by Crippen LogP contribution is -2.24. The van der Waals surface area contributed by atoms with E-state index in [1.807, 2.05) is 18.5 Å². The van der Waals surface area contributed by atoms with Crippen LogP contribution in [0.15, 0.2) is 30.7 Å². The molecule has 0 amide bonds. The second-order valence-electron chi connectivity index (χ2n) is 4.50. The minimum absolute atomic E-state index is 0.225. The van der Waals surface area contributed by atoms with Crippen molar-refractivity contribution in [1.82, 2.24) is 20.3 Å². The molecule has 0 aromatic carbocycles. The summed E-state index contributed by atoms with van der Waals surface area (Å²) < 4.78 is 0. The van der Waals surface area contributed by atoms with Crippen molar-refractivity contribution in [2.24, 2.45) is 0 Å². The lowest BCUT2D eigenvalue weighted by molar-refractivity contribution is 0.446. The second kappa shape index (κ2) is 4.30. The maximum Gasteiger partial charge on any atom is 0.122 e. The first-order valence-electron chi connectivity index (χ1n) is 6.03. The van der Waals surface area contributed by atoms with Gasteiger partial charge in [0.05, 0.1) is 17.8 Å². The molecule has 2 atom stereocenters. The number of nitrogens with one attached hydrogen (secondary N) is 2. The largest absolute Gasteiger partial charge is 0.347 e. The third-order valence-electron chi connectivity index (χ3n) is 3.34. The van der Waals surface area contributed by atoms with Gasteiger partial charge in [-0.25, -0.2) is 4.98 Å². The minimum Gasteiger partial charge on any atom is -0.347 e. The average molecular weight is 228 g/mol. The van der Waals surface area contributed by atoms with E-state index in [0.717, 1.165) is 18.7 Å². The molecule has 2 N–H and O–H groups in total. The summed E-state index contributed by atoms with van der Waals surface area (Å²) in [6.45, 7) is 2.12. The number of hydrogen-bond donors (Lipinski definition) is 2. The number of imidazole rings is 1. The van der Waals surface area contributed by atoms with Crippen molar-refractivity contribution < 1.29 is 0 Å². The van der Waals surface area contributed by atoms with Crippen molar-refractivity contribution in [3.63, 3.8) is 0 Å². The molecule has 3 rings (SSSR count). The van der Waals surface area contributed by atoms with Gasteiger partial charge < -0.3 is 4.98 Å². The normalized spacial score (nSPS) is 20.2. The van der Waals surface area contributed by atoms with Crippen LogP contribution in [0.25, 0.3) is 0 Å². The van der Waals surface area contributed by atoms with Crippen molar-refractivity contribution in [3.05, 3.63) is 47.8 Å². The summed E-state index contributed by atoms with van der Waals surface area (Å²) >= 11 is 0. The summed E-state index contributed by atoms with van der Waals surface area (Å²) in [5, 5.41) is 3.58. The molecule has 1 aliphatic rings. The van der Waals surface area contributed by atoms with E-state index in [9.17, 15) is 0 Å². The molecule has 0 spiro atoms. The van der Waals surface area contributed by atoms with E-state index in [-0.39, 0.29) is 6.04 Å². The van der Waals surface area contributed by atoms with Crippen molar-refractivity contribution in [2.45, 2.75) is 31.8 Å². The van der Waals surface area contributed by atoms with Gasteiger partial charge in [-0.15, -0.1) is 0 Å². The first-order valence-corrected chi connectivity index (χ1v) is 6.03. The summed E-state index contributed by atoms with van der Waals surface area (Å²) in [7, 11) is 0. The van der Waals surface area contributed by atoms with E-state index in [0.29, 0.717) is 6.04 Å². The standard InChI is InChI=1S/C13H16N4/c1-9(13-15-7-8-16-13)17-11-5-4-10-3-2-6-14-12(10)11/h2-3,6-9,11,17H,4-5H2,1H3,(H,15,16). The highest BCUT2D eigenvalue weighted by Gasteiger charge is 2.25. The van der Waals surface area contributed by atoms with Crippen LogP contribution in [0.4, 0.5) is 0 Å². The lowest BCUT2D eigenvalue weighted by Gasteiger charge is -2.18. The van der Waals surface area contributed by atoms with Crippen LogP contribution in [0, 0.1) is 0 Å². The molecule has 2 aromatic rings. The molecular weight excluding hydrogens is 212 g/mol. The van der Waals surface area contributed by atoms with Gasteiger partial charge in [-0.2, -0.15) is 0 Å². The van der Waals surface area contributed by atoms with Crippen LogP contribution in [0.2, 0.25) is 0 Å². The smallest absolute Gasteiger partial charge is 0.122 e. The Kier molecular flexibility index (Phi) is 2.65. The van der Waals surface area contributed by atoms with Crippen molar-refractivity contribution in [3.8, 4) is 0 Å². The summed E-state index contributed by atoms with van der Waals surface area (Å²) in [6, 6.07) is 4.76. The Morgan fingerprint density at radius 2 is 2.35 bits per heavy atom. The number of hydrogen-bond acceptors (Lipinski definition) is 3. The average Bonchev–Trinajstić information content (AvgIpc) is 2.98. The Labute approximate surface area is 101 Å². The molecule has 0 fully saturated rings. The minimum atomic E-state index is 0.225. The topological polar surface area (TPSA) is 53.6 Å². The summed E-state index contributed by atoms with van der Waals surface area (Å²) in [5.74, 6) is 0.981. The number of aryl methyl sites for hydroxylation is 1. The zero-order chi connectivity index (χ0) is 11.7. The molecule has 17 heavy (non-hydrogen) atoms. The van der Waals surface area contributed by atoms with Crippen LogP contribution in [0.1, 0.15) is 42.5 Å². The van der Waals surface area contributed by atoms with Crippen LogP contribution in [-0.2, 0) is 6.42 Å². The molecule has 0 saturated heterocycles. The van der Waals surface area contributed by atoms with Gasteiger partial charge in [0.2, 0.25) is 0 Å². The quantitative estimate of drug-likeness (QED) is 0.846. The van der Waals surface area contributed by atoms with Gasteiger partial charge in [0, 0.05) is 18.6 Å². The molecule has 88 valence electrons. The van der Waals surface area contributed by atoms with Crippen molar-refractivity contribution in [1.29, 1.82) is 0 Å². The van der Waals surface area contributed by atoms with Gasteiger partial charge in [-0.1, -0.05) is 6.07 Å². The number of aromatic nitrogens is 3. The zero-order valence-corrected chi connectivity index (χ0v) is 9.85. The maximum absolute atomic E-state index is 4.48. The fourth-order valence-electron chi connectivity index (χ4n) is 2.47. The molecule has 0 saturated carbocycles. The fraction of sp³-hybridized carbons (Fsp3) is 0.385. The highest BCUT2D eigenvalue weighted by Crippen LogP contribution is 2.30. The lowest BCUT2D eigenvalue weighted by atomic mass is 10.2. The fourth-order valence-corrected chi connectivity index (χ4v) is 2.47. The van der Waals surface area contributed by atoms with Gasteiger partial charge in [-0.05, 0) is 31.4 Å². The Morgan fingerprint density at radius 1 is 1.41 bits per heavy atom. The number of pyridine rings is 1. The Hall–Kier alpha value is -1.68. The van der Waals surface area contributed by atoms with Gasteiger partial charge >= 0.3 is 0 Å². The molecular formula is C13H16N4. The van der Waals surface area contributed by atoms with Crippen LogP contribution >= 0.6 is 0 Å². The monoisotopic (exact) mass is 228 g/mol. The summed E-state index contributed by atoms with van der Waals surface area (Å²) in [4.78, 5) is 11.9. The highest BCUT2D eigenvalue weighted by atomic mass is 15.0. The molecule has 2 unspecified atom stereocenters. The third-order valence-corrected chi connectivity index (χ3v) is 3.34. The van der Waals surface area contributed by atoms with Crippen molar-refractivity contribution in [2.75, 3.05) is 0 Å². The first-order chi connectivity index (χ1) is 8.34. The molecule has 0 aliphatic heterocycles. The Balaban J connectivity index is 1.75. The number of nitrogens with zero attached hydrogens (tertiary/aromatic N) is 2. The second-order valence-corrected chi connectivity index (χ2v) is 4.50. The molecule has 2 heterocycles. The molecule has 2 aromatic heterocycles. The van der Waals surface area contributed by atoms with Gasteiger partial charge in [-0.3, -0.25) is 10.3 Å². The number of aromatic amines is 1. The van der Waals surface area contributed by atoms with Crippen LogP contribution in [-0.4, -0.2) is 15.0 Å². The predicted octanol–water partition coefficient (Wildman–Crippen LogP) is 2.14. The van der Waals surface area contributed by atoms with Crippen LogP contribution in [0.5, 0.6) is 0 Å². The van der Waals surface area contributed by atoms with Crippen molar-refractivity contribution >= 4 is 0 Å². The number of fused-ring (bicyclic) bond motifs is 1. The van der Waals surface area contributed by atoms with E-state index in [1.54, 1.807) is 6.20 Å². The molecule has 0 radical (unpaired) electrons. The predicted molar refractivity (Wildman–Crippen MR) is 65.4 cm³/mol. The molecule has 0 bridgehead atoms. The third kappa shape index (κ3) is 1.96. The number of H-pyrrole nitrogens is 1. The summed E-state index contributed by atoms with van der Waals surface area (Å²) in [5.41, 5.74) is 2.57. The molecule has 4 heteroatoms. The SMILES string of the molecule is CC(NC1CCc2cccnc21)c1ncc[nH]1. The van der Waals surface area contributed by atoms with E-state index in [2.05, 4.69) is 33.3 Å². The van der Waals surface area contributed by atoms with Gasteiger partial charge in [0.15, 0.2) is 0 Å². The zero-order valence-electron chi connectivity index (χ0n) is 9.85. The van der Waals surface area contributed by atoms with Crippen LogP contribution in [0.3, 0.4) is 0 Å². The van der Waals surface area contributed by atoms with E-state index in [1.165, 1.54) is 11.3 Å². The van der Waals surface area contributed by atoms with Crippen LogP contribution < -0.4 is 5.32 Å². The molecule has 4 nitrogen and oxygen atoms in total. The first kappa shape index (κ1) is 10.5. The Morgan fingerprint density at radius 3 is 3.18 bits per heavy atom. The number of rotatable bonds is 3. The van der Waals surface area contributed by atoms with Gasteiger partial charge in [0.1, 0.15) is 5.82 Å². The Bertz CT molecular complexity index is 492. The highest BCUT2D eigenvalue weighted by molar-refractivity contribution is 5.28. The van der Waals surface area contributed by atoms with Gasteiger partial charge in [0.25, 0.3) is 0 Å². The van der Waals surface area contributed by atoms with E-state index >= 15 is 0 Å². The van der Waals surface area contributed by atoms with E-state index < -0.39 is 0 Å². The summed E-state index contributed by atoms with van der Waals surface area (Å²) in [6.07, 6.45) is 7.75. The molecule has 1 aliphatic carbocycles.